The second-order valence-corrected chi connectivity index (χ2v) is 7.01. The summed E-state index contributed by atoms with van der Waals surface area (Å²) >= 11 is 1.78. The van der Waals surface area contributed by atoms with Gasteiger partial charge in [-0.05, 0) is 43.2 Å². The van der Waals surface area contributed by atoms with Crippen LogP contribution in [-0.4, -0.2) is 12.3 Å². The molecule has 3 rings (SSSR count). The fraction of sp³-hybridized carbons (Fsp3) is 0.350. The van der Waals surface area contributed by atoms with Gasteiger partial charge in [-0.15, -0.1) is 0 Å². The van der Waals surface area contributed by atoms with Crippen molar-refractivity contribution in [3.8, 4) is 0 Å². The van der Waals surface area contributed by atoms with E-state index in [1.165, 1.54) is 27.6 Å². The third-order valence-corrected chi connectivity index (χ3v) is 5.27. The van der Waals surface area contributed by atoms with Crippen LogP contribution in [0.5, 0.6) is 0 Å². The van der Waals surface area contributed by atoms with Crippen molar-refractivity contribution in [3.05, 3.63) is 48.0 Å². The van der Waals surface area contributed by atoms with E-state index in [0.717, 1.165) is 24.9 Å². The molecule has 1 aliphatic heterocycles. The zero-order chi connectivity index (χ0) is 16.2. The van der Waals surface area contributed by atoms with E-state index in [0.29, 0.717) is 6.42 Å². The highest BCUT2D eigenvalue weighted by molar-refractivity contribution is 7.99. The Kier molecular flexibility index (Phi) is 5.06. The first-order chi connectivity index (χ1) is 11.2. The summed E-state index contributed by atoms with van der Waals surface area (Å²) in [7, 11) is 0. The Hall–Kier alpha value is -1.74. The van der Waals surface area contributed by atoms with Gasteiger partial charge >= 0.3 is 0 Å². The summed E-state index contributed by atoms with van der Waals surface area (Å²) in [6, 6.07) is 14.7. The molecule has 2 aromatic rings. The van der Waals surface area contributed by atoms with Crippen molar-refractivity contribution in [1.82, 2.24) is 0 Å². The number of ketones is 1. The van der Waals surface area contributed by atoms with Crippen LogP contribution in [0.2, 0.25) is 0 Å². The predicted molar refractivity (Wildman–Crippen MR) is 98.2 cm³/mol. The van der Waals surface area contributed by atoms with Crippen LogP contribution in [0.1, 0.15) is 49.9 Å². The lowest BCUT2D eigenvalue weighted by Gasteiger charge is -2.33. The Morgan fingerprint density at radius 1 is 1.00 bits per heavy atom. The Balaban J connectivity index is 1.99. The molecule has 0 saturated heterocycles. The molecule has 0 amide bonds. The maximum absolute atomic E-state index is 12.2. The van der Waals surface area contributed by atoms with Gasteiger partial charge in [0.2, 0.25) is 0 Å². The van der Waals surface area contributed by atoms with Crippen molar-refractivity contribution < 1.29 is 4.79 Å². The van der Waals surface area contributed by atoms with Crippen LogP contribution >= 0.6 is 11.8 Å². The summed E-state index contributed by atoms with van der Waals surface area (Å²) in [6.45, 7) is 5.29. The molecule has 0 radical (unpaired) electrons. The van der Waals surface area contributed by atoms with Gasteiger partial charge in [0.1, 0.15) is 0 Å². The molecule has 120 valence electrons. The first-order valence-corrected chi connectivity index (χ1v) is 9.28. The lowest BCUT2D eigenvalue weighted by Crippen LogP contribution is -2.22. The fourth-order valence-corrected chi connectivity index (χ4v) is 4.07. The molecule has 0 aliphatic carbocycles. The number of carbonyl (C=O) groups is 1. The average Bonchev–Trinajstić information content (AvgIpc) is 2.58. The lowest BCUT2D eigenvalue weighted by atomic mass is 10.1. The van der Waals surface area contributed by atoms with E-state index in [-0.39, 0.29) is 5.78 Å². The van der Waals surface area contributed by atoms with Crippen LogP contribution in [0.15, 0.2) is 52.3 Å². The van der Waals surface area contributed by atoms with Gasteiger partial charge in [-0.1, -0.05) is 44.2 Å². The number of hydrogen-bond acceptors (Lipinski definition) is 3. The van der Waals surface area contributed by atoms with Crippen LogP contribution in [0, 0.1) is 0 Å². The summed E-state index contributed by atoms with van der Waals surface area (Å²) in [5.74, 6) is 0.245. The number of nitrogens with zero attached hydrogens (tertiary/aromatic N) is 1. The molecular formula is C20H23NOS. The summed E-state index contributed by atoms with van der Waals surface area (Å²) in [4.78, 5) is 17.1. The molecule has 2 aromatic carbocycles. The third kappa shape index (κ3) is 3.30. The van der Waals surface area contributed by atoms with Crippen molar-refractivity contribution >= 4 is 28.9 Å². The molecule has 0 fully saturated rings. The number of fused-ring (bicyclic) bond motifs is 2. The third-order valence-electron chi connectivity index (χ3n) is 4.16. The molecule has 0 unspecified atom stereocenters. The predicted octanol–water partition coefficient (Wildman–Crippen LogP) is 6.07. The first kappa shape index (κ1) is 16.1. The quantitative estimate of drug-likeness (QED) is 0.601. The lowest BCUT2D eigenvalue weighted by molar-refractivity contribution is 0.0981. The number of rotatable bonds is 6. The van der Waals surface area contributed by atoms with Crippen LogP contribution < -0.4 is 4.90 Å². The number of para-hydroxylation sites is 1. The maximum atomic E-state index is 12.2. The fourth-order valence-electron chi connectivity index (χ4n) is 2.94. The minimum Gasteiger partial charge on any atom is -0.340 e. The standard InChI is InChI=1S/C20H23NOS/c1-3-5-13-21-16-9-6-7-10-19(16)23-20-14-15(11-12-17(20)21)18(22)8-4-2/h6-7,9-12,14H,3-5,8,13H2,1-2H3. The Morgan fingerprint density at radius 2 is 1.78 bits per heavy atom. The molecule has 0 N–H and O–H groups in total. The molecule has 0 saturated carbocycles. The van der Waals surface area contributed by atoms with Crippen LogP contribution in [0.25, 0.3) is 0 Å². The zero-order valence-electron chi connectivity index (χ0n) is 13.8. The molecule has 0 spiro atoms. The number of hydrogen-bond donors (Lipinski definition) is 0. The van der Waals surface area contributed by atoms with Gasteiger partial charge in [0.15, 0.2) is 5.78 Å². The van der Waals surface area contributed by atoms with Gasteiger partial charge in [-0.25, -0.2) is 0 Å². The Morgan fingerprint density at radius 3 is 2.57 bits per heavy atom. The van der Waals surface area contributed by atoms with E-state index < -0.39 is 0 Å². The highest BCUT2D eigenvalue weighted by Crippen LogP contribution is 2.48. The number of benzene rings is 2. The van der Waals surface area contributed by atoms with Gasteiger partial charge in [-0.3, -0.25) is 4.79 Å². The molecule has 0 atom stereocenters. The molecule has 2 nitrogen and oxygen atoms in total. The first-order valence-electron chi connectivity index (χ1n) is 8.46. The number of anilines is 2. The maximum Gasteiger partial charge on any atom is 0.162 e. The summed E-state index contributed by atoms with van der Waals surface area (Å²) < 4.78 is 0. The second kappa shape index (κ2) is 7.22. The van der Waals surface area contributed by atoms with E-state index in [2.05, 4.69) is 48.2 Å². The van der Waals surface area contributed by atoms with E-state index in [1.54, 1.807) is 11.8 Å². The summed E-state index contributed by atoms with van der Waals surface area (Å²) in [6.07, 6.45) is 3.86. The van der Waals surface area contributed by atoms with Crippen LogP contribution in [0.3, 0.4) is 0 Å². The van der Waals surface area contributed by atoms with Gasteiger partial charge in [0.05, 0.1) is 11.4 Å². The van der Waals surface area contributed by atoms with Crippen molar-refractivity contribution in [1.29, 1.82) is 0 Å². The smallest absolute Gasteiger partial charge is 0.162 e. The summed E-state index contributed by atoms with van der Waals surface area (Å²) in [5.41, 5.74) is 3.36. The van der Waals surface area contributed by atoms with Crippen molar-refractivity contribution in [3.63, 3.8) is 0 Å². The van der Waals surface area contributed by atoms with Gasteiger partial charge in [-0.2, -0.15) is 0 Å². The monoisotopic (exact) mass is 325 g/mol. The highest BCUT2D eigenvalue weighted by atomic mass is 32.2. The van der Waals surface area contributed by atoms with Crippen molar-refractivity contribution in [2.24, 2.45) is 0 Å². The van der Waals surface area contributed by atoms with Crippen molar-refractivity contribution in [2.45, 2.75) is 49.3 Å². The van der Waals surface area contributed by atoms with E-state index in [1.807, 2.05) is 13.0 Å². The normalized spacial score (nSPS) is 12.7. The van der Waals surface area contributed by atoms with Crippen LogP contribution in [-0.2, 0) is 0 Å². The average molecular weight is 325 g/mol. The van der Waals surface area contributed by atoms with Crippen LogP contribution in [0.4, 0.5) is 11.4 Å². The Labute approximate surface area is 142 Å². The van der Waals surface area contributed by atoms with E-state index in [9.17, 15) is 4.79 Å². The molecule has 1 aliphatic rings. The largest absolute Gasteiger partial charge is 0.340 e. The Bertz CT molecular complexity index is 711. The number of carbonyl (C=O) groups excluding carboxylic acids is 1. The number of Topliss-reactive ketones (excluding diaryl/α,β-unsaturated/α-hetero) is 1. The van der Waals surface area contributed by atoms with Gasteiger partial charge in [0, 0.05) is 28.3 Å². The second-order valence-electron chi connectivity index (χ2n) is 5.93. The highest BCUT2D eigenvalue weighted by Gasteiger charge is 2.23. The minimum absolute atomic E-state index is 0.245. The molecule has 23 heavy (non-hydrogen) atoms. The number of unbranched alkanes of at least 4 members (excludes halogenated alkanes) is 1. The zero-order valence-corrected chi connectivity index (χ0v) is 14.7. The van der Waals surface area contributed by atoms with Gasteiger partial charge < -0.3 is 4.90 Å². The molecule has 0 aromatic heterocycles. The van der Waals surface area contributed by atoms with E-state index >= 15 is 0 Å². The molecule has 0 bridgehead atoms. The molecule has 1 heterocycles. The van der Waals surface area contributed by atoms with Gasteiger partial charge in [0.25, 0.3) is 0 Å². The minimum atomic E-state index is 0.245. The SMILES string of the molecule is CCCCN1c2ccccc2Sc2cc(C(=O)CCC)ccc21. The topological polar surface area (TPSA) is 20.3 Å². The molecular weight excluding hydrogens is 302 g/mol. The summed E-state index contributed by atoms with van der Waals surface area (Å²) in [5, 5.41) is 0. The van der Waals surface area contributed by atoms with E-state index in [4.69, 9.17) is 0 Å². The van der Waals surface area contributed by atoms with Crippen molar-refractivity contribution in [2.75, 3.05) is 11.4 Å². The molecule has 3 heteroatoms.